The number of hydrogen-bond donors (Lipinski definition) is 0. The molecule has 0 saturated heterocycles. The van der Waals surface area contributed by atoms with Crippen LogP contribution in [0.15, 0.2) is 158 Å². The standard InChI is InChI=1S/C43H37N5O2/c1-3-16-37-29-30-40(42(49)50-4-2)47(37)31-32-25-27-33(28-26-32)38-23-14-15-24-39(38)41-44-45-46-48(41)43(34-17-8-5-9-18-34,35-19-10-6-11-20-35)36-21-12-7-13-22-36/h3,5-30H,4,31H2,1-2H3. The van der Waals surface area contributed by atoms with E-state index >= 15 is 0 Å². The number of benzene rings is 5. The zero-order valence-corrected chi connectivity index (χ0v) is 28.1. The number of hydrogen-bond acceptors (Lipinski definition) is 5. The summed E-state index contributed by atoms with van der Waals surface area (Å²) in [6.45, 7) is 4.63. The molecule has 7 heteroatoms. The summed E-state index contributed by atoms with van der Waals surface area (Å²) in [5.74, 6) is 0.313. The molecule has 0 aliphatic carbocycles. The van der Waals surface area contributed by atoms with E-state index in [1.165, 1.54) is 0 Å². The molecule has 0 radical (unpaired) electrons. The molecule has 50 heavy (non-hydrogen) atoms. The molecule has 0 saturated carbocycles. The first kappa shape index (κ1) is 32.2. The van der Waals surface area contributed by atoms with Gasteiger partial charge in [0.25, 0.3) is 0 Å². The van der Waals surface area contributed by atoms with Crippen LogP contribution in [0.5, 0.6) is 0 Å². The lowest BCUT2D eigenvalue weighted by Gasteiger charge is -2.36. The maximum atomic E-state index is 12.7. The topological polar surface area (TPSA) is 74.8 Å². The van der Waals surface area contributed by atoms with Gasteiger partial charge < -0.3 is 9.30 Å². The average molecular weight is 656 g/mol. The number of carbonyl (C=O) groups excluding carboxylic acids is 1. The van der Waals surface area contributed by atoms with E-state index in [1.54, 1.807) is 0 Å². The summed E-state index contributed by atoms with van der Waals surface area (Å²) in [6.07, 6.45) is 3.97. The molecule has 0 amide bonds. The molecule has 7 aromatic rings. The number of carbonyl (C=O) groups is 1. The SMILES string of the molecule is CC=Cc1ccc(C(=O)OCC)n1Cc1ccc(-c2ccccc2-c2nnnn2C(c2ccccc2)(c2ccccc2)c2ccccc2)cc1. The average Bonchev–Trinajstić information content (AvgIpc) is 3.82. The summed E-state index contributed by atoms with van der Waals surface area (Å²) < 4.78 is 9.30. The molecule has 2 aromatic heterocycles. The first-order valence-corrected chi connectivity index (χ1v) is 16.8. The highest BCUT2D eigenvalue weighted by atomic mass is 16.5. The van der Waals surface area contributed by atoms with Gasteiger partial charge in [-0.25, -0.2) is 9.48 Å². The molecule has 0 unspecified atom stereocenters. The summed E-state index contributed by atoms with van der Waals surface area (Å²) in [7, 11) is 0. The molecule has 2 heterocycles. The first-order valence-electron chi connectivity index (χ1n) is 16.8. The third-order valence-corrected chi connectivity index (χ3v) is 8.97. The van der Waals surface area contributed by atoms with Crippen LogP contribution in [0.3, 0.4) is 0 Å². The quantitative estimate of drug-likeness (QED) is 0.103. The van der Waals surface area contributed by atoms with Gasteiger partial charge >= 0.3 is 5.97 Å². The predicted molar refractivity (Wildman–Crippen MR) is 197 cm³/mol. The molecule has 5 aromatic carbocycles. The van der Waals surface area contributed by atoms with Crippen LogP contribution < -0.4 is 0 Å². The van der Waals surface area contributed by atoms with Crippen molar-refractivity contribution in [2.75, 3.05) is 6.61 Å². The third-order valence-electron chi connectivity index (χ3n) is 8.97. The van der Waals surface area contributed by atoms with Crippen LogP contribution in [0, 0.1) is 0 Å². The van der Waals surface area contributed by atoms with E-state index in [-0.39, 0.29) is 5.97 Å². The van der Waals surface area contributed by atoms with Crippen molar-refractivity contribution in [3.05, 3.63) is 191 Å². The summed E-state index contributed by atoms with van der Waals surface area (Å²) in [6, 6.07) is 51.7. The Morgan fingerprint density at radius 3 is 1.82 bits per heavy atom. The van der Waals surface area contributed by atoms with Crippen molar-refractivity contribution in [1.82, 2.24) is 24.8 Å². The number of esters is 1. The highest BCUT2D eigenvalue weighted by Gasteiger charge is 2.42. The van der Waals surface area contributed by atoms with Gasteiger partial charge in [-0.05, 0) is 75.9 Å². The molecular weight excluding hydrogens is 619 g/mol. The number of allylic oxidation sites excluding steroid dienone is 1. The van der Waals surface area contributed by atoms with Gasteiger partial charge in [-0.3, -0.25) is 0 Å². The van der Waals surface area contributed by atoms with Gasteiger partial charge in [0, 0.05) is 17.8 Å². The summed E-state index contributed by atoms with van der Waals surface area (Å²) in [4.78, 5) is 12.7. The van der Waals surface area contributed by atoms with E-state index in [1.807, 2.05) is 77.7 Å². The van der Waals surface area contributed by atoms with Crippen LogP contribution in [0.2, 0.25) is 0 Å². The number of nitrogens with zero attached hydrogens (tertiary/aromatic N) is 5. The summed E-state index contributed by atoms with van der Waals surface area (Å²) in [5, 5.41) is 13.8. The van der Waals surface area contributed by atoms with Gasteiger partial charge in [0.05, 0.1) is 6.61 Å². The van der Waals surface area contributed by atoms with Crippen LogP contribution >= 0.6 is 0 Å². The van der Waals surface area contributed by atoms with Gasteiger partial charge in [0.1, 0.15) is 11.2 Å². The van der Waals surface area contributed by atoms with Crippen molar-refractivity contribution in [1.29, 1.82) is 0 Å². The molecule has 0 aliphatic rings. The molecule has 7 rings (SSSR count). The van der Waals surface area contributed by atoms with E-state index < -0.39 is 5.54 Å². The lowest BCUT2D eigenvalue weighted by atomic mass is 9.77. The Balaban J connectivity index is 1.33. The van der Waals surface area contributed by atoms with E-state index in [4.69, 9.17) is 15.0 Å². The number of rotatable bonds is 11. The van der Waals surface area contributed by atoms with Crippen molar-refractivity contribution < 1.29 is 9.53 Å². The van der Waals surface area contributed by atoms with Gasteiger partial charge in [-0.15, -0.1) is 5.10 Å². The Kier molecular flexibility index (Phi) is 9.29. The smallest absolute Gasteiger partial charge is 0.354 e. The molecular formula is C43H37N5O2. The van der Waals surface area contributed by atoms with E-state index in [0.29, 0.717) is 24.7 Å². The number of aromatic nitrogens is 5. The maximum Gasteiger partial charge on any atom is 0.354 e. The lowest BCUT2D eigenvalue weighted by molar-refractivity contribution is 0.0514. The normalized spacial score (nSPS) is 11.6. The van der Waals surface area contributed by atoms with Crippen LogP contribution in [0.25, 0.3) is 28.6 Å². The first-order chi connectivity index (χ1) is 24.6. The highest BCUT2D eigenvalue weighted by molar-refractivity contribution is 5.88. The Hall–Kier alpha value is -6.34. The Morgan fingerprint density at radius 2 is 1.26 bits per heavy atom. The maximum absolute atomic E-state index is 12.7. The predicted octanol–water partition coefficient (Wildman–Crippen LogP) is 8.91. The van der Waals surface area contributed by atoms with Crippen molar-refractivity contribution in [2.24, 2.45) is 0 Å². The van der Waals surface area contributed by atoms with Crippen molar-refractivity contribution in [3.63, 3.8) is 0 Å². The van der Waals surface area contributed by atoms with Crippen LogP contribution in [0.1, 0.15) is 52.3 Å². The van der Waals surface area contributed by atoms with E-state index in [9.17, 15) is 4.79 Å². The lowest BCUT2D eigenvalue weighted by Crippen LogP contribution is -2.39. The zero-order valence-electron chi connectivity index (χ0n) is 28.1. The minimum Gasteiger partial charge on any atom is -0.461 e. The second kappa shape index (κ2) is 14.4. The van der Waals surface area contributed by atoms with Crippen LogP contribution in [0.4, 0.5) is 0 Å². The Labute approximate surface area is 292 Å². The second-order valence-corrected chi connectivity index (χ2v) is 11.9. The fraction of sp³-hybridized carbons (Fsp3) is 0.116. The van der Waals surface area contributed by atoms with Gasteiger partial charge in [-0.1, -0.05) is 146 Å². The molecule has 0 fully saturated rings. The number of tetrazole rings is 1. The van der Waals surface area contributed by atoms with Crippen molar-refractivity contribution in [2.45, 2.75) is 25.9 Å². The minimum atomic E-state index is -0.863. The highest BCUT2D eigenvalue weighted by Crippen LogP contribution is 2.43. The fourth-order valence-electron chi connectivity index (χ4n) is 6.75. The van der Waals surface area contributed by atoms with E-state index in [0.717, 1.165) is 44.6 Å². The van der Waals surface area contributed by atoms with Crippen LogP contribution in [-0.4, -0.2) is 37.4 Å². The van der Waals surface area contributed by atoms with Gasteiger partial charge in [-0.2, -0.15) is 0 Å². The molecule has 0 N–H and O–H groups in total. The molecule has 7 nitrogen and oxygen atoms in total. The summed E-state index contributed by atoms with van der Waals surface area (Å²) >= 11 is 0. The third kappa shape index (κ3) is 5.94. The largest absolute Gasteiger partial charge is 0.461 e. The Bertz CT molecular complexity index is 2120. The molecule has 246 valence electrons. The molecule has 0 bridgehead atoms. The molecule has 0 aliphatic heterocycles. The van der Waals surface area contributed by atoms with Gasteiger partial charge in [0.15, 0.2) is 5.82 Å². The number of ether oxygens (including phenoxy) is 1. The van der Waals surface area contributed by atoms with E-state index in [2.05, 4.69) is 114 Å². The second-order valence-electron chi connectivity index (χ2n) is 11.9. The molecule has 0 spiro atoms. The Morgan fingerprint density at radius 1 is 0.700 bits per heavy atom. The van der Waals surface area contributed by atoms with Crippen molar-refractivity contribution >= 4 is 12.0 Å². The molecule has 0 atom stereocenters. The minimum absolute atomic E-state index is 0.323. The monoisotopic (exact) mass is 655 g/mol. The summed E-state index contributed by atoms with van der Waals surface area (Å²) in [5.41, 5.74) is 7.71. The van der Waals surface area contributed by atoms with Gasteiger partial charge in [0.2, 0.25) is 0 Å². The zero-order chi connectivity index (χ0) is 34.3. The van der Waals surface area contributed by atoms with Crippen LogP contribution in [-0.2, 0) is 16.8 Å². The fourth-order valence-corrected chi connectivity index (χ4v) is 6.75. The van der Waals surface area contributed by atoms with Crippen molar-refractivity contribution in [3.8, 4) is 22.5 Å².